The molecular formula is C19H12F2N2O2S. The first kappa shape index (κ1) is 16.5. The third-order valence-electron chi connectivity index (χ3n) is 4.27. The number of hydrogen-bond acceptors (Lipinski definition) is 3. The molecule has 1 aliphatic heterocycles. The fourth-order valence-corrected chi connectivity index (χ4v) is 3.69. The van der Waals surface area contributed by atoms with Gasteiger partial charge in [0.05, 0.1) is 23.4 Å². The van der Waals surface area contributed by atoms with Gasteiger partial charge in [-0.05, 0) is 24.3 Å². The molecule has 130 valence electrons. The summed E-state index contributed by atoms with van der Waals surface area (Å²) in [6.45, 7) is 3.82. The highest BCUT2D eigenvalue weighted by Gasteiger charge is 2.35. The highest BCUT2D eigenvalue weighted by atomic mass is 32.2. The van der Waals surface area contributed by atoms with Crippen molar-refractivity contribution in [3.8, 4) is 0 Å². The van der Waals surface area contributed by atoms with Gasteiger partial charge in [-0.3, -0.25) is 14.5 Å². The summed E-state index contributed by atoms with van der Waals surface area (Å²) in [4.78, 5) is 25.1. The Morgan fingerprint density at radius 2 is 1.81 bits per heavy atom. The second-order valence-corrected chi connectivity index (χ2v) is 6.73. The number of carbonyl (C=O) groups is 2. The summed E-state index contributed by atoms with van der Waals surface area (Å²) in [5.74, 6) is -1.77. The van der Waals surface area contributed by atoms with Crippen LogP contribution in [0.25, 0.3) is 10.9 Å². The molecule has 1 saturated heterocycles. The normalized spacial score (nSPS) is 14.7. The number of hydrogen-bond donors (Lipinski definition) is 0. The van der Waals surface area contributed by atoms with Crippen molar-refractivity contribution in [2.45, 2.75) is 6.54 Å². The minimum atomic E-state index is -0.894. The van der Waals surface area contributed by atoms with Crippen LogP contribution in [-0.2, 0) is 11.3 Å². The monoisotopic (exact) mass is 370 g/mol. The first-order valence-electron chi connectivity index (χ1n) is 7.73. The van der Waals surface area contributed by atoms with Crippen LogP contribution in [0.15, 0.2) is 60.9 Å². The Hall–Kier alpha value is -2.93. The molecule has 0 spiro atoms. The lowest BCUT2D eigenvalue weighted by molar-refractivity contribution is -0.107. The van der Waals surface area contributed by atoms with Gasteiger partial charge in [0.1, 0.15) is 0 Å². The fourth-order valence-electron chi connectivity index (χ4n) is 3.02. The number of carbonyl (C=O) groups excluding carboxylic acids is 2. The minimum Gasteiger partial charge on any atom is -0.343 e. The summed E-state index contributed by atoms with van der Waals surface area (Å²) in [7, 11) is 0. The molecule has 0 bridgehead atoms. The lowest BCUT2D eigenvalue weighted by Crippen LogP contribution is -2.20. The predicted octanol–water partition coefficient (Wildman–Crippen LogP) is 4.68. The van der Waals surface area contributed by atoms with Gasteiger partial charge in [-0.15, -0.1) is 0 Å². The first-order valence-corrected chi connectivity index (χ1v) is 8.55. The average molecular weight is 370 g/mol. The van der Waals surface area contributed by atoms with Crippen LogP contribution in [0.4, 0.5) is 19.3 Å². The Kier molecular flexibility index (Phi) is 3.88. The average Bonchev–Trinajstić information content (AvgIpc) is 3.13. The van der Waals surface area contributed by atoms with E-state index in [0.717, 1.165) is 11.6 Å². The maximum atomic E-state index is 14.0. The van der Waals surface area contributed by atoms with Gasteiger partial charge in [-0.25, -0.2) is 8.78 Å². The van der Waals surface area contributed by atoms with E-state index in [-0.39, 0.29) is 22.9 Å². The van der Waals surface area contributed by atoms with E-state index >= 15 is 0 Å². The second-order valence-electron chi connectivity index (χ2n) is 5.80. The van der Waals surface area contributed by atoms with E-state index in [1.54, 1.807) is 29.0 Å². The highest BCUT2D eigenvalue weighted by molar-refractivity contribution is 8.27. The van der Waals surface area contributed by atoms with Gasteiger partial charge in [0.2, 0.25) is 5.12 Å². The topological polar surface area (TPSA) is 42.3 Å². The van der Waals surface area contributed by atoms with E-state index < -0.39 is 16.9 Å². The van der Waals surface area contributed by atoms with E-state index in [1.807, 2.05) is 6.07 Å². The zero-order valence-electron chi connectivity index (χ0n) is 13.4. The number of halogens is 2. The summed E-state index contributed by atoms with van der Waals surface area (Å²) in [5.41, 5.74) is 1.60. The van der Waals surface area contributed by atoms with E-state index in [0.29, 0.717) is 22.8 Å². The summed E-state index contributed by atoms with van der Waals surface area (Å²) in [6.07, 6.45) is 1.73. The third kappa shape index (κ3) is 2.52. The van der Waals surface area contributed by atoms with Gasteiger partial charge in [0.25, 0.3) is 5.24 Å². The lowest BCUT2D eigenvalue weighted by atomic mass is 10.2. The molecule has 1 aromatic heterocycles. The van der Waals surface area contributed by atoms with Gasteiger partial charge in [-0.1, -0.05) is 24.8 Å². The molecule has 26 heavy (non-hydrogen) atoms. The van der Waals surface area contributed by atoms with E-state index in [2.05, 4.69) is 6.58 Å². The van der Waals surface area contributed by atoms with Crippen LogP contribution in [0, 0.1) is 11.6 Å². The Morgan fingerprint density at radius 1 is 1.04 bits per heavy atom. The molecule has 3 aromatic rings. The molecule has 4 nitrogen and oxygen atoms in total. The minimum absolute atomic E-state index is 0.108. The first-order chi connectivity index (χ1) is 12.5. The standard InChI is InChI=1S/C19H12F2N2O2S/c1-11-18(24)26-19(25)23(11)16-7-3-6-15-13(16)8-9-22(15)10-12-4-2-5-14(20)17(12)21/h2-9H,1,10H2. The molecule has 0 aliphatic carbocycles. The molecule has 0 saturated carbocycles. The van der Waals surface area contributed by atoms with Crippen LogP contribution in [0.3, 0.4) is 0 Å². The molecule has 1 aliphatic rings. The van der Waals surface area contributed by atoms with Crippen molar-refractivity contribution >= 4 is 38.7 Å². The zero-order chi connectivity index (χ0) is 18.4. The zero-order valence-corrected chi connectivity index (χ0v) is 14.2. The van der Waals surface area contributed by atoms with Crippen molar-refractivity contribution in [2.24, 2.45) is 0 Å². The summed E-state index contributed by atoms with van der Waals surface area (Å²) < 4.78 is 29.2. The van der Waals surface area contributed by atoms with Crippen LogP contribution in [0.1, 0.15) is 5.56 Å². The van der Waals surface area contributed by atoms with Crippen molar-refractivity contribution in [3.05, 3.63) is 78.1 Å². The van der Waals surface area contributed by atoms with Crippen molar-refractivity contribution in [3.63, 3.8) is 0 Å². The van der Waals surface area contributed by atoms with Crippen LogP contribution in [-0.4, -0.2) is 14.9 Å². The number of amides is 1. The van der Waals surface area contributed by atoms with Gasteiger partial charge in [-0.2, -0.15) is 0 Å². The summed E-state index contributed by atoms with van der Waals surface area (Å²) in [6, 6.07) is 11.1. The highest BCUT2D eigenvalue weighted by Crippen LogP contribution is 2.37. The predicted molar refractivity (Wildman–Crippen MR) is 97.0 cm³/mol. The molecule has 0 atom stereocenters. The maximum Gasteiger partial charge on any atom is 0.298 e. The fraction of sp³-hybridized carbons (Fsp3) is 0.0526. The van der Waals surface area contributed by atoms with Crippen LogP contribution < -0.4 is 4.90 Å². The summed E-state index contributed by atoms with van der Waals surface area (Å²) >= 11 is 0.604. The summed E-state index contributed by atoms with van der Waals surface area (Å²) in [5, 5.41) is -0.0706. The second kappa shape index (κ2) is 6.10. The van der Waals surface area contributed by atoms with Gasteiger partial charge in [0.15, 0.2) is 11.6 Å². The smallest absolute Gasteiger partial charge is 0.298 e. The Balaban J connectivity index is 1.79. The van der Waals surface area contributed by atoms with Crippen LogP contribution in [0.2, 0.25) is 0 Å². The molecule has 7 heteroatoms. The molecule has 0 N–H and O–H groups in total. The number of thioether (sulfide) groups is 1. The van der Waals surface area contributed by atoms with E-state index in [1.165, 1.54) is 17.0 Å². The number of benzene rings is 2. The maximum absolute atomic E-state index is 14.0. The van der Waals surface area contributed by atoms with Crippen LogP contribution in [0.5, 0.6) is 0 Å². The van der Waals surface area contributed by atoms with Crippen LogP contribution >= 0.6 is 11.8 Å². The Labute approximate surface area is 151 Å². The van der Waals surface area contributed by atoms with Crippen molar-refractivity contribution in [1.29, 1.82) is 0 Å². The molecule has 0 radical (unpaired) electrons. The van der Waals surface area contributed by atoms with E-state index in [4.69, 9.17) is 0 Å². The lowest BCUT2D eigenvalue weighted by Gasteiger charge is -2.16. The molecule has 2 heterocycles. The number of fused-ring (bicyclic) bond motifs is 1. The Morgan fingerprint density at radius 3 is 2.54 bits per heavy atom. The van der Waals surface area contributed by atoms with E-state index in [9.17, 15) is 18.4 Å². The number of anilines is 1. The quantitative estimate of drug-likeness (QED) is 0.629. The number of aromatic nitrogens is 1. The number of nitrogens with zero attached hydrogens (tertiary/aromatic N) is 2. The molecule has 1 amide bonds. The molecule has 4 rings (SSSR count). The van der Waals surface area contributed by atoms with Crippen molar-refractivity contribution in [2.75, 3.05) is 4.90 Å². The van der Waals surface area contributed by atoms with Crippen molar-refractivity contribution < 1.29 is 18.4 Å². The molecule has 0 unspecified atom stereocenters. The molecule has 1 fully saturated rings. The van der Waals surface area contributed by atoms with Gasteiger partial charge < -0.3 is 4.57 Å². The Bertz CT molecular complexity index is 1090. The third-order valence-corrected chi connectivity index (χ3v) is 5.05. The van der Waals surface area contributed by atoms with Gasteiger partial charge in [0, 0.05) is 28.9 Å². The molecule has 2 aromatic carbocycles. The largest absolute Gasteiger partial charge is 0.343 e. The molecular weight excluding hydrogens is 358 g/mol. The van der Waals surface area contributed by atoms with Gasteiger partial charge >= 0.3 is 0 Å². The number of rotatable bonds is 3. The van der Waals surface area contributed by atoms with Crippen molar-refractivity contribution in [1.82, 2.24) is 4.57 Å². The SMILES string of the molecule is C=C1C(=O)SC(=O)N1c1cccc2c1ccn2Cc1cccc(F)c1F.